The summed E-state index contributed by atoms with van der Waals surface area (Å²) in [6, 6.07) is 14.7. The minimum absolute atomic E-state index is 0.0557. The summed E-state index contributed by atoms with van der Waals surface area (Å²) in [5.74, 6) is -0.233. The molecule has 162 valence electrons. The lowest BCUT2D eigenvalue weighted by Gasteiger charge is -2.36. The highest BCUT2D eigenvalue weighted by Gasteiger charge is 2.41. The first-order valence-corrected chi connectivity index (χ1v) is 11.2. The van der Waals surface area contributed by atoms with Crippen LogP contribution in [0.2, 0.25) is 0 Å². The van der Waals surface area contributed by atoms with Crippen LogP contribution in [0.4, 0.5) is 0 Å². The molecule has 1 heterocycles. The summed E-state index contributed by atoms with van der Waals surface area (Å²) in [5, 5.41) is 9.07. The van der Waals surface area contributed by atoms with Gasteiger partial charge in [-0.15, -0.1) is 0 Å². The predicted octanol–water partition coefficient (Wildman–Crippen LogP) is 2.33. The molecule has 2 unspecified atom stereocenters. The highest BCUT2D eigenvalue weighted by molar-refractivity contribution is 7.89. The van der Waals surface area contributed by atoms with E-state index in [9.17, 15) is 13.2 Å². The molecule has 3 rings (SSSR count). The van der Waals surface area contributed by atoms with Crippen molar-refractivity contribution in [3.63, 3.8) is 0 Å². The SMILES string of the molecule is CCOC1CCN(S(=O)(=O)c2ccc(OCc3ccccc3)cc2)C(C(=O)NO)C1. The summed E-state index contributed by atoms with van der Waals surface area (Å²) in [4.78, 5) is 12.2. The lowest BCUT2D eigenvalue weighted by Crippen LogP contribution is -2.54. The number of hydrogen-bond acceptors (Lipinski definition) is 6. The van der Waals surface area contributed by atoms with Gasteiger partial charge in [-0.05, 0) is 49.6 Å². The highest BCUT2D eigenvalue weighted by atomic mass is 32.2. The normalized spacial score (nSPS) is 19.9. The number of nitrogens with one attached hydrogen (secondary N) is 1. The average molecular weight is 435 g/mol. The van der Waals surface area contributed by atoms with E-state index in [4.69, 9.17) is 14.7 Å². The fourth-order valence-corrected chi connectivity index (χ4v) is 5.10. The number of sulfonamides is 1. The third-order valence-corrected chi connectivity index (χ3v) is 6.92. The average Bonchev–Trinajstić information content (AvgIpc) is 2.78. The van der Waals surface area contributed by atoms with Crippen molar-refractivity contribution in [2.45, 2.75) is 43.4 Å². The number of hydrogen-bond donors (Lipinski definition) is 2. The first-order chi connectivity index (χ1) is 14.5. The van der Waals surface area contributed by atoms with E-state index in [0.717, 1.165) is 9.87 Å². The Bertz CT molecular complexity index is 934. The molecule has 0 aromatic heterocycles. The Labute approximate surface area is 176 Å². The predicted molar refractivity (Wildman–Crippen MR) is 109 cm³/mol. The second-order valence-electron chi connectivity index (χ2n) is 6.96. The Morgan fingerprint density at radius 1 is 1.17 bits per heavy atom. The number of nitrogens with zero attached hydrogens (tertiary/aromatic N) is 1. The van der Waals surface area contributed by atoms with Crippen molar-refractivity contribution in [2.75, 3.05) is 13.2 Å². The maximum atomic E-state index is 13.2. The minimum atomic E-state index is -3.94. The van der Waals surface area contributed by atoms with Gasteiger partial charge in [0, 0.05) is 13.2 Å². The summed E-state index contributed by atoms with van der Waals surface area (Å²) in [5.41, 5.74) is 2.58. The van der Waals surface area contributed by atoms with E-state index in [1.807, 2.05) is 37.3 Å². The van der Waals surface area contributed by atoms with Gasteiger partial charge < -0.3 is 9.47 Å². The van der Waals surface area contributed by atoms with E-state index in [-0.39, 0.29) is 24.0 Å². The molecule has 2 N–H and O–H groups in total. The van der Waals surface area contributed by atoms with Crippen LogP contribution in [0.25, 0.3) is 0 Å². The molecular formula is C21H26N2O6S. The Morgan fingerprint density at radius 2 is 1.87 bits per heavy atom. The number of carbonyl (C=O) groups excluding carboxylic acids is 1. The molecule has 1 aliphatic rings. The molecular weight excluding hydrogens is 408 g/mol. The van der Waals surface area contributed by atoms with Gasteiger partial charge in [0.25, 0.3) is 5.91 Å². The molecule has 1 amide bonds. The maximum Gasteiger partial charge on any atom is 0.261 e. The van der Waals surface area contributed by atoms with Crippen LogP contribution in [0, 0.1) is 0 Å². The zero-order valence-electron chi connectivity index (χ0n) is 16.7. The molecule has 1 aliphatic heterocycles. The summed E-state index contributed by atoms with van der Waals surface area (Å²) >= 11 is 0. The number of piperidine rings is 1. The third-order valence-electron chi connectivity index (χ3n) is 5.00. The quantitative estimate of drug-likeness (QED) is 0.488. The minimum Gasteiger partial charge on any atom is -0.489 e. The molecule has 0 bridgehead atoms. The van der Waals surface area contributed by atoms with E-state index in [1.165, 1.54) is 12.1 Å². The molecule has 9 heteroatoms. The fourth-order valence-electron chi connectivity index (χ4n) is 3.48. The van der Waals surface area contributed by atoms with Gasteiger partial charge in [-0.3, -0.25) is 10.0 Å². The number of carbonyl (C=O) groups is 1. The van der Waals surface area contributed by atoms with Crippen molar-refractivity contribution in [1.29, 1.82) is 0 Å². The van der Waals surface area contributed by atoms with Crippen LogP contribution >= 0.6 is 0 Å². The second-order valence-corrected chi connectivity index (χ2v) is 8.85. The molecule has 0 aliphatic carbocycles. The second kappa shape index (κ2) is 10.0. The fraction of sp³-hybridized carbons (Fsp3) is 0.381. The van der Waals surface area contributed by atoms with Crippen molar-refractivity contribution in [3.8, 4) is 5.75 Å². The van der Waals surface area contributed by atoms with Crippen LogP contribution in [0.5, 0.6) is 5.75 Å². The molecule has 8 nitrogen and oxygen atoms in total. The van der Waals surface area contributed by atoms with Crippen molar-refractivity contribution in [3.05, 3.63) is 60.2 Å². The van der Waals surface area contributed by atoms with Crippen molar-refractivity contribution < 1.29 is 27.9 Å². The van der Waals surface area contributed by atoms with Gasteiger partial charge in [-0.25, -0.2) is 13.9 Å². The summed E-state index contributed by atoms with van der Waals surface area (Å²) in [7, 11) is -3.94. The number of benzene rings is 2. The zero-order chi connectivity index (χ0) is 21.6. The van der Waals surface area contributed by atoms with Gasteiger partial charge >= 0.3 is 0 Å². The smallest absolute Gasteiger partial charge is 0.261 e. The van der Waals surface area contributed by atoms with Gasteiger partial charge in [0.15, 0.2) is 0 Å². The van der Waals surface area contributed by atoms with Crippen LogP contribution in [0.15, 0.2) is 59.5 Å². The molecule has 1 saturated heterocycles. The molecule has 2 atom stereocenters. The largest absolute Gasteiger partial charge is 0.489 e. The Hall–Kier alpha value is -2.46. The topological polar surface area (TPSA) is 105 Å². The first kappa shape index (κ1) is 22.2. The summed E-state index contributed by atoms with van der Waals surface area (Å²) < 4.78 is 38.7. The lowest BCUT2D eigenvalue weighted by atomic mass is 10.0. The number of hydroxylamine groups is 1. The van der Waals surface area contributed by atoms with E-state index in [1.54, 1.807) is 17.6 Å². The van der Waals surface area contributed by atoms with Gasteiger partial charge in [0.1, 0.15) is 18.4 Å². The molecule has 30 heavy (non-hydrogen) atoms. The van der Waals surface area contributed by atoms with Crippen LogP contribution in [0.1, 0.15) is 25.3 Å². The van der Waals surface area contributed by atoms with Gasteiger partial charge in [-0.1, -0.05) is 30.3 Å². The van der Waals surface area contributed by atoms with E-state index in [2.05, 4.69) is 0 Å². The highest BCUT2D eigenvalue weighted by Crippen LogP contribution is 2.28. The molecule has 2 aromatic rings. The molecule has 2 aromatic carbocycles. The Kier molecular flexibility index (Phi) is 7.43. The van der Waals surface area contributed by atoms with Crippen LogP contribution < -0.4 is 10.2 Å². The van der Waals surface area contributed by atoms with Crippen molar-refractivity contribution in [2.24, 2.45) is 0 Å². The van der Waals surface area contributed by atoms with E-state index >= 15 is 0 Å². The van der Waals surface area contributed by atoms with Crippen LogP contribution in [-0.2, 0) is 26.2 Å². The number of rotatable bonds is 8. The molecule has 0 saturated carbocycles. The standard InChI is InChI=1S/C21H26N2O6S/c1-2-28-18-12-13-23(20(14-18)21(24)22-25)30(26,27)19-10-8-17(9-11-19)29-15-16-6-4-3-5-7-16/h3-11,18,20,25H,2,12-15H2,1H3,(H,22,24). The van der Waals surface area contributed by atoms with Crippen molar-refractivity contribution in [1.82, 2.24) is 9.79 Å². The lowest BCUT2D eigenvalue weighted by molar-refractivity contribution is -0.136. The molecule has 0 spiro atoms. The van der Waals surface area contributed by atoms with Crippen LogP contribution in [0.3, 0.4) is 0 Å². The van der Waals surface area contributed by atoms with E-state index in [0.29, 0.717) is 25.4 Å². The van der Waals surface area contributed by atoms with Gasteiger partial charge in [0.05, 0.1) is 11.0 Å². The van der Waals surface area contributed by atoms with Crippen LogP contribution in [-0.4, -0.2) is 49.1 Å². The summed E-state index contributed by atoms with van der Waals surface area (Å²) in [6.07, 6.45) is 0.413. The number of amides is 1. The molecule has 0 radical (unpaired) electrons. The monoisotopic (exact) mass is 434 g/mol. The zero-order valence-corrected chi connectivity index (χ0v) is 17.5. The van der Waals surface area contributed by atoms with Gasteiger partial charge in [0.2, 0.25) is 10.0 Å². The van der Waals surface area contributed by atoms with Gasteiger partial charge in [-0.2, -0.15) is 4.31 Å². The Balaban J connectivity index is 1.73. The van der Waals surface area contributed by atoms with Crippen molar-refractivity contribution >= 4 is 15.9 Å². The molecule has 1 fully saturated rings. The third kappa shape index (κ3) is 5.17. The number of ether oxygens (including phenoxy) is 2. The maximum absolute atomic E-state index is 13.2. The first-order valence-electron chi connectivity index (χ1n) is 9.80. The summed E-state index contributed by atoms with van der Waals surface area (Å²) in [6.45, 7) is 2.80. The van der Waals surface area contributed by atoms with E-state index < -0.39 is 22.0 Å². The Morgan fingerprint density at radius 3 is 2.50 bits per heavy atom.